The lowest BCUT2D eigenvalue weighted by molar-refractivity contribution is -0.203. The summed E-state index contributed by atoms with van der Waals surface area (Å²) >= 11 is 0. The minimum Gasteiger partial charge on any atom is -0.369 e. The fourth-order valence-electron chi connectivity index (χ4n) is 5.39. The number of hydrogen-bond donors (Lipinski definition) is 1. The zero-order valence-corrected chi connectivity index (χ0v) is 22.0. The molecular formula is C34H35NO4. The van der Waals surface area contributed by atoms with Gasteiger partial charge in [-0.1, -0.05) is 121 Å². The maximum Gasteiger partial charge on any atom is 0.114 e. The summed E-state index contributed by atoms with van der Waals surface area (Å²) in [5, 5.41) is 3.65. The summed E-state index contributed by atoms with van der Waals surface area (Å²) in [6, 6.07) is 41.4. The summed E-state index contributed by atoms with van der Waals surface area (Å²) in [6.45, 7) is 1.99. The monoisotopic (exact) mass is 521 g/mol. The summed E-state index contributed by atoms with van der Waals surface area (Å²) in [5.41, 5.74) is 4.52. The van der Waals surface area contributed by atoms with Crippen LogP contribution in [0.5, 0.6) is 0 Å². The van der Waals surface area contributed by atoms with Gasteiger partial charge >= 0.3 is 0 Å². The average molecular weight is 522 g/mol. The molecule has 0 aromatic heterocycles. The average Bonchev–Trinajstić information content (AvgIpc) is 3.80. The zero-order chi connectivity index (χ0) is 26.3. The second-order valence-corrected chi connectivity index (χ2v) is 10.3. The Bertz CT molecular complexity index is 1170. The molecule has 4 aromatic rings. The van der Waals surface area contributed by atoms with E-state index in [1.807, 2.05) is 72.8 Å². The van der Waals surface area contributed by atoms with Crippen LogP contribution in [0.15, 0.2) is 121 Å². The first kappa shape index (κ1) is 25.9. The molecule has 6 rings (SSSR count). The first-order chi connectivity index (χ1) is 19.3. The molecule has 1 saturated heterocycles. The predicted molar refractivity (Wildman–Crippen MR) is 151 cm³/mol. The second kappa shape index (κ2) is 12.7. The van der Waals surface area contributed by atoms with Crippen molar-refractivity contribution in [3.63, 3.8) is 0 Å². The summed E-state index contributed by atoms with van der Waals surface area (Å²) in [6.07, 6.45) is -0.961. The van der Waals surface area contributed by atoms with Crippen LogP contribution in [0.4, 0.5) is 0 Å². The number of ether oxygens (including phenoxy) is 4. The third-order valence-electron chi connectivity index (χ3n) is 7.48. The Morgan fingerprint density at radius 1 is 0.359 bits per heavy atom. The third-order valence-corrected chi connectivity index (χ3v) is 7.48. The summed E-state index contributed by atoms with van der Waals surface area (Å²) in [7, 11) is 0. The molecule has 4 aromatic carbocycles. The lowest BCUT2D eigenvalue weighted by atomic mass is 9.88. The first-order valence-corrected chi connectivity index (χ1v) is 13.7. The van der Waals surface area contributed by atoms with Gasteiger partial charge in [0.2, 0.25) is 0 Å². The Kier molecular flexibility index (Phi) is 8.44. The van der Waals surface area contributed by atoms with Crippen LogP contribution in [0.1, 0.15) is 22.3 Å². The van der Waals surface area contributed by atoms with Crippen LogP contribution in [0.25, 0.3) is 0 Å². The van der Waals surface area contributed by atoms with Crippen molar-refractivity contribution in [3.05, 3.63) is 144 Å². The molecule has 1 aliphatic heterocycles. The van der Waals surface area contributed by atoms with Gasteiger partial charge in [0.15, 0.2) is 0 Å². The number of fused-ring (bicyclic) bond motifs is 1. The molecule has 1 heterocycles. The van der Waals surface area contributed by atoms with E-state index in [2.05, 4.69) is 53.8 Å². The maximum atomic E-state index is 6.68. The van der Waals surface area contributed by atoms with Crippen LogP contribution >= 0.6 is 0 Å². The molecule has 5 nitrogen and oxygen atoms in total. The molecule has 200 valence electrons. The van der Waals surface area contributed by atoms with Gasteiger partial charge in [-0.3, -0.25) is 0 Å². The molecular weight excluding hydrogens is 486 g/mol. The maximum absolute atomic E-state index is 6.68. The number of rotatable bonds is 12. The largest absolute Gasteiger partial charge is 0.369 e. The van der Waals surface area contributed by atoms with Crippen LogP contribution in [-0.4, -0.2) is 36.5 Å². The first-order valence-electron chi connectivity index (χ1n) is 13.7. The van der Waals surface area contributed by atoms with Crippen molar-refractivity contribution < 1.29 is 18.9 Å². The van der Waals surface area contributed by atoms with Gasteiger partial charge in [-0.15, -0.1) is 0 Å². The molecule has 2 aliphatic rings. The Balaban J connectivity index is 1.25. The van der Waals surface area contributed by atoms with E-state index in [0.717, 1.165) is 22.3 Å². The Morgan fingerprint density at radius 2 is 0.615 bits per heavy atom. The van der Waals surface area contributed by atoms with E-state index in [1.165, 1.54) is 0 Å². The van der Waals surface area contributed by atoms with E-state index in [1.54, 1.807) is 0 Å². The molecule has 1 N–H and O–H groups in total. The molecule has 1 saturated carbocycles. The SMILES string of the molecule is c1ccc(COC2C3NC3C(OCc3ccccc3)C(OCc3ccccc3)C2OCc2ccccc2)cc1. The van der Waals surface area contributed by atoms with Crippen molar-refractivity contribution in [2.24, 2.45) is 0 Å². The summed E-state index contributed by atoms with van der Waals surface area (Å²) in [5.74, 6) is 0. The smallest absolute Gasteiger partial charge is 0.114 e. The van der Waals surface area contributed by atoms with Gasteiger partial charge < -0.3 is 24.3 Å². The van der Waals surface area contributed by atoms with E-state index in [-0.39, 0.29) is 36.5 Å². The lowest BCUT2D eigenvalue weighted by Crippen LogP contribution is -2.57. The van der Waals surface area contributed by atoms with Gasteiger partial charge in [-0.2, -0.15) is 0 Å². The van der Waals surface area contributed by atoms with Crippen molar-refractivity contribution in [1.82, 2.24) is 5.32 Å². The molecule has 0 bridgehead atoms. The molecule has 39 heavy (non-hydrogen) atoms. The van der Waals surface area contributed by atoms with E-state index in [0.29, 0.717) is 26.4 Å². The Labute approximate surface area is 230 Å². The van der Waals surface area contributed by atoms with Gasteiger partial charge in [-0.25, -0.2) is 0 Å². The van der Waals surface area contributed by atoms with E-state index in [4.69, 9.17) is 18.9 Å². The van der Waals surface area contributed by atoms with Crippen LogP contribution < -0.4 is 5.32 Å². The molecule has 0 spiro atoms. The topological polar surface area (TPSA) is 58.9 Å². The van der Waals surface area contributed by atoms with Crippen LogP contribution in [0.2, 0.25) is 0 Å². The molecule has 1 aliphatic carbocycles. The Hall–Kier alpha value is -3.32. The van der Waals surface area contributed by atoms with E-state index >= 15 is 0 Å². The fraction of sp³-hybridized carbons (Fsp3) is 0.294. The van der Waals surface area contributed by atoms with Gasteiger partial charge in [0.05, 0.1) is 38.5 Å². The molecule has 5 heteroatoms. The van der Waals surface area contributed by atoms with E-state index < -0.39 is 0 Å². The molecule has 0 amide bonds. The third kappa shape index (κ3) is 6.64. The van der Waals surface area contributed by atoms with Gasteiger partial charge in [0.25, 0.3) is 0 Å². The van der Waals surface area contributed by atoms with Crippen molar-refractivity contribution in [2.75, 3.05) is 0 Å². The fourth-order valence-corrected chi connectivity index (χ4v) is 5.39. The van der Waals surface area contributed by atoms with Crippen LogP contribution in [-0.2, 0) is 45.4 Å². The quantitative estimate of drug-likeness (QED) is 0.243. The van der Waals surface area contributed by atoms with Crippen LogP contribution in [0, 0.1) is 0 Å². The molecule has 0 radical (unpaired) electrons. The van der Waals surface area contributed by atoms with E-state index in [9.17, 15) is 0 Å². The second-order valence-electron chi connectivity index (χ2n) is 10.3. The minimum absolute atomic E-state index is 0.145. The highest BCUT2D eigenvalue weighted by molar-refractivity contribution is 5.21. The summed E-state index contributed by atoms with van der Waals surface area (Å²) in [4.78, 5) is 0. The van der Waals surface area contributed by atoms with Gasteiger partial charge in [0.1, 0.15) is 24.4 Å². The normalized spacial score (nSPS) is 25.6. The van der Waals surface area contributed by atoms with Crippen molar-refractivity contribution >= 4 is 0 Å². The summed E-state index contributed by atoms with van der Waals surface area (Å²) < 4.78 is 26.5. The molecule has 6 unspecified atom stereocenters. The number of hydrogen-bond acceptors (Lipinski definition) is 5. The minimum atomic E-state index is -0.311. The molecule has 6 atom stereocenters. The lowest BCUT2D eigenvalue weighted by Gasteiger charge is -2.41. The highest BCUT2D eigenvalue weighted by atomic mass is 16.6. The molecule has 2 fully saturated rings. The highest BCUT2D eigenvalue weighted by Crippen LogP contribution is 2.39. The van der Waals surface area contributed by atoms with Crippen molar-refractivity contribution in [2.45, 2.75) is 62.9 Å². The van der Waals surface area contributed by atoms with Gasteiger partial charge in [0, 0.05) is 0 Å². The number of nitrogens with one attached hydrogen (secondary N) is 1. The number of benzene rings is 4. The van der Waals surface area contributed by atoms with Crippen molar-refractivity contribution in [1.29, 1.82) is 0 Å². The zero-order valence-electron chi connectivity index (χ0n) is 22.0. The predicted octanol–water partition coefficient (Wildman–Crippen LogP) is 5.68. The van der Waals surface area contributed by atoms with Gasteiger partial charge in [-0.05, 0) is 22.3 Å². The highest BCUT2D eigenvalue weighted by Gasteiger charge is 2.61. The Morgan fingerprint density at radius 3 is 0.897 bits per heavy atom. The standard InChI is InChI=1S/C34H35NO4/c1-5-13-25(14-6-1)21-36-31-29-30(35-29)32(37-22-26-15-7-2-8-16-26)34(39-24-28-19-11-4-12-20-28)33(31)38-23-27-17-9-3-10-18-27/h1-20,29-35H,21-24H2. The van der Waals surface area contributed by atoms with Crippen LogP contribution in [0.3, 0.4) is 0 Å². The van der Waals surface area contributed by atoms with Crippen molar-refractivity contribution in [3.8, 4) is 0 Å².